The molecule has 1 aromatic carbocycles. The molecule has 26 heavy (non-hydrogen) atoms. The molecule has 1 amide bonds. The van der Waals surface area contributed by atoms with Gasteiger partial charge in [0.05, 0.1) is 17.1 Å². The van der Waals surface area contributed by atoms with Gasteiger partial charge in [0.2, 0.25) is 5.91 Å². The van der Waals surface area contributed by atoms with E-state index in [1.165, 1.54) is 24.9 Å². The zero-order chi connectivity index (χ0) is 18.7. The fourth-order valence-electron chi connectivity index (χ4n) is 3.42. The van der Waals surface area contributed by atoms with E-state index in [0.29, 0.717) is 0 Å². The first-order valence-electron chi connectivity index (χ1n) is 9.38. The average Bonchev–Trinajstić information content (AvgIpc) is 2.89. The van der Waals surface area contributed by atoms with E-state index < -0.39 is 0 Å². The molecule has 2 N–H and O–H groups in total. The van der Waals surface area contributed by atoms with Gasteiger partial charge in [0.1, 0.15) is 6.04 Å². The van der Waals surface area contributed by atoms with Crippen molar-refractivity contribution in [1.82, 2.24) is 9.78 Å². The number of piperidine rings is 1. The number of anilines is 3. The molecule has 2 heterocycles. The molecule has 0 saturated carbocycles. The predicted octanol–water partition coefficient (Wildman–Crippen LogP) is 3.47. The molecule has 6 heteroatoms. The lowest BCUT2D eigenvalue weighted by Crippen LogP contribution is -2.32. The lowest BCUT2D eigenvalue weighted by Gasteiger charge is -2.29. The molecule has 1 aromatic heterocycles. The van der Waals surface area contributed by atoms with E-state index in [9.17, 15) is 4.79 Å². The number of benzene rings is 1. The lowest BCUT2D eigenvalue weighted by atomic mass is 10.1. The van der Waals surface area contributed by atoms with E-state index in [-0.39, 0.29) is 11.9 Å². The molecule has 1 atom stereocenters. The Morgan fingerprint density at radius 1 is 1.12 bits per heavy atom. The molecule has 0 spiro atoms. The Kier molecular flexibility index (Phi) is 5.49. The second-order valence-electron chi connectivity index (χ2n) is 7.12. The molecule has 0 aliphatic carbocycles. The highest BCUT2D eigenvalue weighted by Gasteiger charge is 2.18. The van der Waals surface area contributed by atoms with E-state index in [2.05, 4.69) is 32.8 Å². The second kappa shape index (κ2) is 7.81. The number of hydrogen-bond donors (Lipinski definition) is 2. The standard InChI is InChI=1S/C20H29N5O/c1-14-19(16(3)24(4)23-14)22-20(26)15(2)21-17-8-10-18(11-9-17)25-12-6-5-7-13-25/h8-11,15,21H,5-7,12-13H2,1-4H3,(H,22,26)/t15-/m0/s1. The van der Waals surface area contributed by atoms with Gasteiger partial charge in [-0.1, -0.05) is 0 Å². The van der Waals surface area contributed by atoms with Crippen molar-refractivity contribution in [1.29, 1.82) is 0 Å². The monoisotopic (exact) mass is 355 g/mol. The fraction of sp³-hybridized carbons (Fsp3) is 0.500. The summed E-state index contributed by atoms with van der Waals surface area (Å²) in [5, 5.41) is 10.6. The van der Waals surface area contributed by atoms with Gasteiger partial charge in [-0.3, -0.25) is 9.48 Å². The van der Waals surface area contributed by atoms with E-state index >= 15 is 0 Å². The van der Waals surface area contributed by atoms with E-state index in [0.717, 1.165) is 35.9 Å². The molecule has 1 aliphatic rings. The first-order valence-corrected chi connectivity index (χ1v) is 9.38. The van der Waals surface area contributed by atoms with Gasteiger partial charge in [-0.2, -0.15) is 5.10 Å². The number of amides is 1. The summed E-state index contributed by atoms with van der Waals surface area (Å²) < 4.78 is 1.78. The van der Waals surface area contributed by atoms with Gasteiger partial charge in [-0.15, -0.1) is 0 Å². The minimum Gasteiger partial charge on any atom is -0.374 e. The van der Waals surface area contributed by atoms with Crippen molar-refractivity contribution in [2.75, 3.05) is 28.6 Å². The highest BCUT2D eigenvalue weighted by atomic mass is 16.2. The molecule has 0 bridgehead atoms. The van der Waals surface area contributed by atoms with Crippen LogP contribution in [0, 0.1) is 13.8 Å². The van der Waals surface area contributed by atoms with Crippen LogP contribution in [0.5, 0.6) is 0 Å². The van der Waals surface area contributed by atoms with Gasteiger partial charge in [-0.25, -0.2) is 0 Å². The van der Waals surface area contributed by atoms with Gasteiger partial charge in [0.15, 0.2) is 0 Å². The Balaban J connectivity index is 1.60. The van der Waals surface area contributed by atoms with Crippen molar-refractivity contribution in [3.8, 4) is 0 Å². The molecular formula is C20H29N5O. The fourth-order valence-corrected chi connectivity index (χ4v) is 3.42. The van der Waals surface area contributed by atoms with Crippen LogP contribution in [-0.4, -0.2) is 34.8 Å². The molecule has 2 aromatic rings. The van der Waals surface area contributed by atoms with Crippen LogP contribution in [0.25, 0.3) is 0 Å². The smallest absolute Gasteiger partial charge is 0.246 e. The van der Waals surface area contributed by atoms with Crippen LogP contribution in [0.15, 0.2) is 24.3 Å². The van der Waals surface area contributed by atoms with Crippen LogP contribution in [-0.2, 0) is 11.8 Å². The first kappa shape index (κ1) is 18.3. The SMILES string of the molecule is Cc1nn(C)c(C)c1NC(=O)[C@H](C)Nc1ccc(N2CCCCC2)cc1. The molecule has 1 aliphatic heterocycles. The number of nitrogens with zero attached hydrogens (tertiary/aromatic N) is 3. The van der Waals surface area contributed by atoms with Crippen molar-refractivity contribution in [2.24, 2.45) is 7.05 Å². The van der Waals surface area contributed by atoms with Gasteiger partial charge < -0.3 is 15.5 Å². The lowest BCUT2D eigenvalue weighted by molar-refractivity contribution is -0.116. The maximum absolute atomic E-state index is 12.5. The maximum Gasteiger partial charge on any atom is 0.246 e. The highest BCUT2D eigenvalue weighted by Crippen LogP contribution is 2.23. The normalized spacial score (nSPS) is 15.6. The van der Waals surface area contributed by atoms with Gasteiger partial charge in [0.25, 0.3) is 0 Å². The van der Waals surface area contributed by atoms with Crippen LogP contribution < -0.4 is 15.5 Å². The number of rotatable bonds is 5. The second-order valence-corrected chi connectivity index (χ2v) is 7.12. The summed E-state index contributed by atoms with van der Waals surface area (Å²) in [5.74, 6) is -0.0655. The summed E-state index contributed by atoms with van der Waals surface area (Å²) in [6.07, 6.45) is 3.87. The number of aryl methyl sites for hydroxylation is 2. The zero-order valence-corrected chi connectivity index (χ0v) is 16.2. The molecule has 1 saturated heterocycles. The quantitative estimate of drug-likeness (QED) is 0.862. The summed E-state index contributed by atoms with van der Waals surface area (Å²) in [4.78, 5) is 15.0. The Bertz CT molecular complexity index is 759. The van der Waals surface area contributed by atoms with E-state index in [1.807, 2.05) is 40.0 Å². The minimum atomic E-state index is -0.338. The Hall–Kier alpha value is -2.50. The number of hydrogen-bond acceptors (Lipinski definition) is 4. The molecule has 3 rings (SSSR count). The van der Waals surface area contributed by atoms with Crippen molar-refractivity contribution in [2.45, 2.75) is 46.1 Å². The number of carbonyl (C=O) groups excluding carboxylic acids is 1. The summed E-state index contributed by atoms with van der Waals surface area (Å²) in [7, 11) is 1.88. The molecular weight excluding hydrogens is 326 g/mol. The van der Waals surface area contributed by atoms with Crippen molar-refractivity contribution < 1.29 is 4.79 Å². The van der Waals surface area contributed by atoms with Crippen LogP contribution in [0.3, 0.4) is 0 Å². The van der Waals surface area contributed by atoms with Gasteiger partial charge >= 0.3 is 0 Å². The third kappa shape index (κ3) is 4.00. The largest absolute Gasteiger partial charge is 0.374 e. The van der Waals surface area contributed by atoms with Crippen LogP contribution in [0.1, 0.15) is 37.6 Å². The van der Waals surface area contributed by atoms with Crippen LogP contribution in [0.4, 0.5) is 17.1 Å². The van der Waals surface area contributed by atoms with Crippen molar-refractivity contribution >= 4 is 23.0 Å². The Labute approximate surface area is 155 Å². The van der Waals surface area contributed by atoms with Crippen molar-refractivity contribution in [3.63, 3.8) is 0 Å². The Morgan fingerprint density at radius 3 is 2.35 bits per heavy atom. The van der Waals surface area contributed by atoms with Gasteiger partial charge in [-0.05, 0) is 64.3 Å². The topological polar surface area (TPSA) is 62.2 Å². The van der Waals surface area contributed by atoms with E-state index in [1.54, 1.807) is 4.68 Å². The number of carbonyl (C=O) groups is 1. The zero-order valence-electron chi connectivity index (χ0n) is 16.2. The van der Waals surface area contributed by atoms with Crippen molar-refractivity contribution in [3.05, 3.63) is 35.7 Å². The molecule has 1 fully saturated rings. The minimum absolute atomic E-state index is 0.0655. The third-order valence-corrected chi connectivity index (χ3v) is 5.12. The van der Waals surface area contributed by atoms with Crippen LogP contribution >= 0.6 is 0 Å². The highest BCUT2D eigenvalue weighted by molar-refractivity contribution is 5.97. The van der Waals surface area contributed by atoms with E-state index in [4.69, 9.17) is 0 Å². The molecule has 0 unspecified atom stereocenters. The predicted molar refractivity (Wildman–Crippen MR) is 107 cm³/mol. The molecule has 0 radical (unpaired) electrons. The average molecular weight is 355 g/mol. The summed E-state index contributed by atoms with van der Waals surface area (Å²) in [5.41, 5.74) is 4.79. The number of nitrogens with one attached hydrogen (secondary N) is 2. The van der Waals surface area contributed by atoms with Crippen LogP contribution in [0.2, 0.25) is 0 Å². The summed E-state index contributed by atoms with van der Waals surface area (Å²) in [6.45, 7) is 7.99. The van der Waals surface area contributed by atoms with Gasteiger partial charge in [0, 0.05) is 31.5 Å². The summed E-state index contributed by atoms with van der Waals surface area (Å²) >= 11 is 0. The third-order valence-electron chi connectivity index (χ3n) is 5.12. The maximum atomic E-state index is 12.5. The number of aromatic nitrogens is 2. The molecule has 6 nitrogen and oxygen atoms in total. The Morgan fingerprint density at radius 2 is 1.77 bits per heavy atom. The first-order chi connectivity index (χ1) is 12.5. The molecule has 140 valence electrons. The summed E-state index contributed by atoms with van der Waals surface area (Å²) in [6, 6.07) is 8.03.